The summed E-state index contributed by atoms with van der Waals surface area (Å²) in [6.07, 6.45) is 3.61. The molecule has 0 saturated carbocycles. The lowest BCUT2D eigenvalue weighted by atomic mass is 9.96. The number of halogens is 1. The maximum atomic E-state index is 13.0. The summed E-state index contributed by atoms with van der Waals surface area (Å²) in [6.45, 7) is 2.52. The van der Waals surface area contributed by atoms with Crippen molar-refractivity contribution in [2.75, 3.05) is 31.5 Å². The lowest BCUT2D eigenvalue weighted by Crippen LogP contribution is -2.46. The molecule has 8 nitrogen and oxygen atoms in total. The highest BCUT2D eigenvalue weighted by Crippen LogP contribution is 2.23. The first kappa shape index (κ1) is 20.4. The van der Waals surface area contributed by atoms with E-state index in [2.05, 4.69) is 15.5 Å². The van der Waals surface area contributed by atoms with Crippen molar-refractivity contribution in [1.82, 2.24) is 20.0 Å². The Morgan fingerprint density at radius 3 is 2.37 bits per heavy atom. The summed E-state index contributed by atoms with van der Waals surface area (Å²) < 4.78 is 13.0. The summed E-state index contributed by atoms with van der Waals surface area (Å²) in [7, 11) is 0. The van der Waals surface area contributed by atoms with E-state index in [9.17, 15) is 18.8 Å². The van der Waals surface area contributed by atoms with Crippen LogP contribution in [0.2, 0.25) is 0 Å². The molecule has 4 rings (SSSR count). The smallest absolute Gasteiger partial charge is 0.286 e. The standard InChI is InChI=1S/C20H22FN5O3S/c21-14-5-7-15(8-6-14)22-16(27)17-23-24-18(30-17)20(29)26-11-3-4-13(12-26)19(28)25-9-1-2-10-25/h5-8,13H,1-4,9-12H2,(H,22,27). The molecule has 3 amide bonds. The monoisotopic (exact) mass is 431 g/mol. The van der Waals surface area contributed by atoms with E-state index in [1.165, 1.54) is 24.3 Å². The fraction of sp³-hybridized carbons (Fsp3) is 0.450. The van der Waals surface area contributed by atoms with Gasteiger partial charge in [-0.1, -0.05) is 11.3 Å². The third-order valence-corrected chi connectivity index (χ3v) is 6.29. The average molecular weight is 431 g/mol. The maximum Gasteiger partial charge on any atom is 0.286 e. The largest absolute Gasteiger partial charge is 0.342 e. The first-order chi connectivity index (χ1) is 14.5. The molecule has 2 aliphatic heterocycles. The number of piperidine rings is 1. The summed E-state index contributed by atoms with van der Waals surface area (Å²) in [5, 5.41) is 10.5. The summed E-state index contributed by atoms with van der Waals surface area (Å²) in [5.74, 6) is -1.29. The van der Waals surface area contributed by atoms with Crippen molar-refractivity contribution in [3.8, 4) is 0 Å². The zero-order chi connectivity index (χ0) is 21.1. The van der Waals surface area contributed by atoms with Crippen LogP contribution in [0.5, 0.6) is 0 Å². The van der Waals surface area contributed by atoms with E-state index in [4.69, 9.17) is 0 Å². The highest BCUT2D eigenvalue weighted by Gasteiger charge is 2.33. The minimum atomic E-state index is -0.515. The molecule has 0 bridgehead atoms. The van der Waals surface area contributed by atoms with Crippen molar-refractivity contribution in [3.63, 3.8) is 0 Å². The quantitative estimate of drug-likeness (QED) is 0.802. The lowest BCUT2D eigenvalue weighted by Gasteiger charge is -2.33. The Morgan fingerprint density at radius 2 is 1.63 bits per heavy atom. The SMILES string of the molecule is O=C(Nc1ccc(F)cc1)c1nnc(C(=O)N2CCCC(C(=O)N3CCCC3)C2)s1. The van der Waals surface area contributed by atoms with Crippen LogP contribution in [0.25, 0.3) is 0 Å². The van der Waals surface area contributed by atoms with Crippen molar-refractivity contribution in [1.29, 1.82) is 0 Å². The molecule has 2 fully saturated rings. The first-order valence-electron chi connectivity index (χ1n) is 10.00. The minimum Gasteiger partial charge on any atom is -0.342 e. The van der Waals surface area contributed by atoms with Crippen LogP contribution in [-0.2, 0) is 4.79 Å². The van der Waals surface area contributed by atoms with Gasteiger partial charge >= 0.3 is 0 Å². The van der Waals surface area contributed by atoms with E-state index in [1.54, 1.807) is 4.90 Å². The van der Waals surface area contributed by atoms with E-state index in [0.717, 1.165) is 50.1 Å². The number of nitrogens with one attached hydrogen (secondary N) is 1. The minimum absolute atomic E-state index is 0.0457. The van der Waals surface area contributed by atoms with Crippen molar-refractivity contribution >= 4 is 34.7 Å². The number of benzene rings is 1. The second-order valence-electron chi connectivity index (χ2n) is 7.50. The number of hydrogen-bond donors (Lipinski definition) is 1. The Bertz CT molecular complexity index is 942. The van der Waals surface area contributed by atoms with Gasteiger partial charge in [-0.3, -0.25) is 14.4 Å². The van der Waals surface area contributed by atoms with Gasteiger partial charge in [-0.25, -0.2) is 4.39 Å². The van der Waals surface area contributed by atoms with Gasteiger partial charge in [0.05, 0.1) is 5.92 Å². The molecule has 0 radical (unpaired) electrons. The summed E-state index contributed by atoms with van der Waals surface area (Å²) >= 11 is 0.905. The normalized spacial score (nSPS) is 19.0. The number of likely N-dealkylation sites (tertiary alicyclic amines) is 2. The van der Waals surface area contributed by atoms with Gasteiger partial charge in [0.15, 0.2) is 0 Å². The molecule has 1 aromatic carbocycles. The number of aromatic nitrogens is 2. The Balaban J connectivity index is 1.38. The fourth-order valence-electron chi connectivity index (χ4n) is 3.81. The van der Waals surface area contributed by atoms with Crippen LogP contribution in [0.4, 0.5) is 10.1 Å². The van der Waals surface area contributed by atoms with Crippen LogP contribution in [0.3, 0.4) is 0 Å². The second-order valence-corrected chi connectivity index (χ2v) is 8.47. The van der Waals surface area contributed by atoms with E-state index in [0.29, 0.717) is 18.8 Å². The predicted octanol–water partition coefficient (Wildman–Crippen LogP) is 2.40. The Morgan fingerprint density at radius 1 is 0.967 bits per heavy atom. The Kier molecular flexibility index (Phi) is 6.03. The molecule has 2 saturated heterocycles. The van der Waals surface area contributed by atoms with Gasteiger partial charge in [-0.2, -0.15) is 0 Å². The van der Waals surface area contributed by atoms with E-state index >= 15 is 0 Å². The van der Waals surface area contributed by atoms with Crippen LogP contribution in [0, 0.1) is 11.7 Å². The topological polar surface area (TPSA) is 95.5 Å². The molecule has 2 aliphatic rings. The maximum absolute atomic E-state index is 13.0. The van der Waals surface area contributed by atoms with Crippen molar-refractivity contribution in [2.24, 2.45) is 5.92 Å². The Hall–Kier alpha value is -2.88. The number of hydrogen-bond acceptors (Lipinski definition) is 6. The summed E-state index contributed by atoms with van der Waals surface area (Å²) in [4.78, 5) is 41.4. The molecule has 1 atom stereocenters. The molecule has 10 heteroatoms. The highest BCUT2D eigenvalue weighted by atomic mass is 32.1. The van der Waals surface area contributed by atoms with Gasteiger partial charge in [0.25, 0.3) is 11.8 Å². The number of carbonyl (C=O) groups excluding carboxylic acids is 3. The summed E-state index contributed by atoms with van der Waals surface area (Å²) in [5.41, 5.74) is 0.420. The number of carbonyl (C=O) groups is 3. The molecule has 3 heterocycles. The van der Waals surface area contributed by atoms with Crippen molar-refractivity contribution in [3.05, 3.63) is 40.1 Å². The molecule has 0 spiro atoms. The second kappa shape index (κ2) is 8.86. The van der Waals surface area contributed by atoms with Crippen LogP contribution >= 0.6 is 11.3 Å². The molecule has 1 unspecified atom stereocenters. The molecular formula is C20H22FN5O3S. The Labute approximate surface area is 177 Å². The van der Waals surface area contributed by atoms with Crippen LogP contribution in [0.15, 0.2) is 24.3 Å². The number of anilines is 1. The van der Waals surface area contributed by atoms with Crippen molar-refractivity contribution < 1.29 is 18.8 Å². The van der Waals surface area contributed by atoms with Gasteiger partial charge in [0, 0.05) is 31.9 Å². The number of nitrogens with zero attached hydrogens (tertiary/aromatic N) is 4. The molecule has 30 heavy (non-hydrogen) atoms. The molecule has 158 valence electrons. The van der Waals surface area contributed by atoms with E-state index in [1.807, 2.05) is 4.90 Å². The first-order valence-corrected chi connectivity index (χ1v) is 10.8. The van der Waals surface area contributed by atoms with Crippen LogP contribution in [0.1, 0.15) is 45.3 Å². The number of rotatable bonds is 4. The van der Waals surface area contributed by atoms with E-state index in [-0.39, 0.29) is 27.7 Å². The summed E-state index contributed by atoms with van der Waals surface area (Å²) in [6, 6.07) is 5.35. The third kappa shape index (κ3) is 4.48. The third-order valence-electron chi connectivity index (χ3n) is 5.38. The molecule has 1 N–H and O–H groups in total. The van der Waals surface area contributed by atoms with Gasteiger partial charge in [0.1, 0.15) is 5.82 Å². The molecule has 1 aromatic heterocycles. The molecular weight excluding hydrogens is 409 g/mol. The van der Waals surface area contributed by atoms with Gasteiger partial charge in [0.2, 0.25) is 15.9 Å². The predicted molar refractivity (Wildman–Crippen MR) is 109 cm³/mol. The van der Waals surface area contributed by atoms with Gasteiger partial charge in [-0.15, -0.1) is 10.2 Å². The fourth-order valence-corrected chi connectivity index (χ4v) is 4.52. The highest BCUT2D eigenvalue weighted by molar-refractivity contribution is 7.15. The molecule has 0 aliphatic carbocycles. The molecule has 2 aromatic rings. The van der Waals surface area contributed by atoms with Crippen molar-refractivity contribution in [2.45, 2.75) is 25.7 Å². The zero-order valence-corrected chi connectivity index (χ0v) is 17.2. The van der Waals surface area contributed by atoms with Gasteiger partial charge in [-0.05, 0) is 49.9 Å². The number of amides is 3. The van der Waals surface area contributed by atoms with Crippen LogP contribution in [-0.4, -0.2) is 63.9 Å². The van der Waals surface area contributed by atoms with Crippen LogP contribution < -0.4 is 5.32 Å². The average Bonchev–Trinajstić information content (AvgIpc) is 3.47. The lowest BCUT2D eigenvalue weighted by molar-refractivity contribution is -0.135. The van der Waals surface area contributed by atoms with Gasteiger partial charge < -0.3 is 15.1 Å². The zero-order valence-electron chi connectivity index (χ0n) is 16.3. The van der Waals surface area contributed by atoms with E-state index < -0.39 is 11.7 Å².